The van der Waals surface area contributed by atoms with Crippen molar-refractivity contribution in [3.63, 3.8) is 0 Å². The fourth-order valence-corrected chi connectivity index (χ4v) is 3.34. The zero-order valence-corrected chi connectivity index (χ0v) is 11.6. The lowest BCUT2D eigenvalue weighted by Crippen LogP contribution is -2.14. The molecule has 19 heavy (non-hydrogen) atoms. The molecule has 1 saturated carbocycles. The van der Waals surface area contributed by atoms with Gasteiger partial charge in [0.05, 0.1) is 15.9 Å². The van der Waals surface area contributed by atoms with Crippen LogP contribution in [0, 0.1) is 0 Å². The minimum Gasteiger partial charge on any atom is -0.342 e. The first-order valence-electron chi connectivity index (χ1n) is 6.39. The highest BCUT2D eigenvalue weighted by atomic mass is 32.2. The number of hydrogen-bond donors (Lipinski definition) is 2. The van der Waals surface area contributed by atoms with Crippen molar-refractivity contribution in [3.05, 3.63) is 24.0 Å². The molecule has 2 atom stereocenters. The average Bonchev–Trinajstić information content (AvgIpc) is 2.92. The molecular formula is C13H17N3O2S. The minimum absolute atomic E-state index is 0.254. The van der Waals surface area contributed by atoms with E-state index in [1.165, 1.54) is 6.26 Å². The van der Waals surface area contributed by atoms with Crippen LogP contribution in [-0.4, -0.2) is 30.7 Å². The third-order valence-corrected chi connectivity index (χ3v) is 4.87. The van der Waals surface area contributed by atoms with Gasteiger partial charge >= 0.3 is 0 Å². The normalized spacial score (nSPS) is 24.1. The molecule has 0 unspecified atom stereocenters. The average molecular weight is 279 g/mol. The van der Waals surface area contributed by atoms with Crippen LogP contribution < -0.4 is 5.73 Å². The number of benzene rings is 1. The van der Waals surface area contributed by atoms with Gasteiger partial charge in [0.1, 0.15) is 5.82 Å². The molecule has 0 aliphatic heterocycles. The second kappa shape index (κ2) is 4.31. The summed E-state index contributed by atoms with van der Waals surface area (Å²) in [6, 6.07) is 5.25. The van der Waals surface area contributed by atoms with Crippen LogP contribution in [0.3, 0.4) is 0 Å². The Morgan fingerprint density at radius 2 is 2.16 bits per heavy atom. The number of H-pyrrole nitrogens is 1. The molecule has 0 radical (unpaired) electrons. The highest BCUT2D eigenvalue weighted by Gasteiger charge is 2.25. The minimum atomic E-state index is -3.18. The van der Waals surface area contributed by atoms with Gasteiger partial charge in [0.25, 0.3) is 0 Å². The summed E-state index contributed by atoms with van der Waals surface area (Å²) in [7, 11) is -3.18. The third kappa shape index (κ3) is 2.37. The molecule has 1 aromatic carbocycles. The summed E-state index contributed by atoms with van der Waals surface area (Å²) in [6.07, 6.45) is 4.22. The maximum absolute atomic E-state index is 11.5. The van der Waals surface area contributed by atoms with E-state index in [1.807, 2.05) is 0 Å². The van der Waals surface area contributed by atoms with Crippen LogP contribution in [0.5, 0.6) is 0 Å². The SMILES string of the molecule is CS(=O)(=O)c1ccc2nc([C@@H]3CC[C@H](N)C3)[nH]c2c1. The van der Waals surface area contributed by atoms with Crippen molar-refractivity contribution < 1.29 is 8.42 Å². The maximum atomic E-state index is 11.5. The number of nitrogens with two attached hydrogens (primary N) is 1. The third-order valence-electron chi connectivity index (χ3n) is 3.76. The first-order chi connectivity index (χ1) is 8.93. The summed E-state index contributed by atoms with van der Waals surface area (Å²) in [6.45, 7) is 0. The molecule has 5 nitrogen and oxygen atoms in total. The number of aromatic nitrogens is 2. The van der Waals surface area contributed by atoms with Gasteiger partial charge in [0, 0.05) is 18.2 Å². The molecule has 102 valence electrons. The van der Waals surface area contributed by atoms with Crippen molar-refractivity contribution in [2.75, 3.05) is 6.26 Å². The van der Waals surface area contributed by atoms with E-state index in [2.05, 4.69) is 9.97 Å². The van der Waals surface area contributed by atoms with Crippen LogP contribution in [-0.2, 0) is 9.84 Å². The molecule has 0 spiro atoms. The van der Waals surface area contributed by atoms with Crippen molar-refractivity contribution in [1.82, 2.24) is 9.97 Å². The molecule has 1 aliphatic carbocycles. The van der Waals surface area contributed by atoms with E-state index in [9.17, 15) is 8.42 Å². The predicted octanol–water partition coefficient (Wildman–Crippen LogP) is 1.56. The van der Waals surface area contributed by atoms with Crippen LogP contribution in [0.25, 0.3) is 11.0 Å². The monoisotopic (exact) mass is 279 g/mol. The van der Waals surface area contributed by atoms with Gasteiger partial charge in [-0.2, -0.15) is 0 Å². The number of fused-ring (bicyclic) bond motifs is 1. The zero-order valence-electron chi connectivity index (χ0n) is 10.8. The fourth-order valence-electron chi connectivity index (χ4n) is 2.70. The standard InChI is InChI=1S/C13H17N3O2S/c1-19(17,18)10-4-5-11-12(7-10)16-13(15-11)8-2-3-9(14)6-8/h4-5,7-9H,2-3,6,14H2,1H3,(H,15,16)/t8-,9+/m1/s1. The lowest BCUT2D eigenvalue weighted by atomic mass is 10.1. The summed E-state index contributed by atoms with van der Waals surface area (Å²) < 4.78 is 23.1. The molecule has 3 N–H and O–H groups in total. The van der Waals surface area contributed by atoms with Gasteiger partial charge in [-0.15, -0.1) is 0 Å². The first kappa shape index (κ1) is 12.6. The van der Waals surface area contributed by atoms with Crippen molar-refractivity contribution >= 4 is 20.9 Å². The van der Waals surface area contributed by atoms with E-state index in [-0.39, 0.29) is 6.04 Å². The molecule has 0 amide bonds. The number of imidazole rings is 1. The lowest BCUT2D eigenvalue weighted by molar-refractivity contribution is 0.602. The van der Waals surface area contributed by atoms with E-state index >= 15 is 0 Å². The van der Waals surface area contributed by atoms with Crippen molar-refractivity contribution in [2.24, 2.45) is 5.73 Å². The van der Waals surface area contributed by atoms with E-state index in [4.69, 9.17) is 5.73 Å². The second-order valence-electron chi connectivity index (χ2n) is 5.34. The second-order valence-corrected chi connectivity index (χ2v) is 7.36. The van der Waals surface area contributed by atoms with Crippen LogP contribution in [0.15, 0.2) is 23.1 Å². The van der Waals surface area contributed by atoms with Crippen LogP contribution in [0.4, 0.5) is 0 Å². The number of hydrogen-bond acceptors (Lipinski definition) is 4. The molecule has 0 saturated heterocycles. The summed E-state index contributed by atoms with van der Waals surface area (Å²) >= 11 is 0. The van der Waals surface area contributed by atoms with Gasteiger partial charge in [-0.3, -0.25) is 0 Å². The van der Waals surface area contributed by atoms with Gasteiger partial charge in [0.2, 0.25) is 0 Å². The Balaban J connectivity index is 2.02. The molecule has 1 aliphatic rings. The largest absolute Gasteiger partial charge is 0.342 e. The summed E-state index contributed by atoms with van der Waals surface area (Å²) in [4.78, 5) is 8.10. The van der Waals surface area contributed by atoms with Gasteiger partial charge in [-0.05, 0) is 37.5 Å². The van der Waals surface area contributed by atoms with E-state index in [1.54, 1.807) is 18.2 Å². The summed E-state index contributed by atoms with van der Waals surface area (Å²) in [5.74, 6) is 1.29. The Morgan fingerprint density at radius 1 is 1.37 bits per heavy atom. The van der Waals surface area contributed by atoms with Crippen LogP contribution in [0.1, 0.15) is 31.0 Å². The summed E-state index contributed by atoms with van der Waals surface area (Å²) in [5.41, 5.74) is 7.50. The number of rotatable bonds is 2. The fraction of sp³-hybridized carbons (Fsp3) is 0.462. The number of aromatic amines is 1. The van der Waals surface area contributed by atoms with Crippen molar-refractivity contribution in [2.45, 2.75) is 36.1 Å². The van der Waals surface area contributed by atoms with E-state index in [0.717, 1.165) is 36.1 Å². The predicted molar refractivity (Wildman–Crippen MR) is 73.8 cm³/mol. The zero-order chi connectivity index (χ0) is 13.6. The first-order valence-corrected chi connectivity index (χ1v) is 8.28. The van der Waals surface area contributed by atoms with E-state index in [0.29, 0.717) is 10.8 Å². The smallest absolute Gasteiger partial charge is 0.175 e. The lowest BCUT2D eigenvalue weighted by Gasteiger charge is -2.04. The number of nitrogens with zero attached hydrogens (tertiary/aromatic N) is 1. The molecule has 1 aromatic heterocycles. The van der Waals surface area contributed by atoms with Gasteiger partial charge in [-0.25, -0.2) is 13.4 Å². The summed E-state index contributed by atoms with van der Waals surface area (Å²) in [5, 5.41) is 0. The Kier molecular flexibility index (Phi) is 2.87. The van der Waals surface area contributed by atoms with Crippen LogP contribution >= 0.6 is 0 Å². The Bertz CT molecular complexity index is 721. The van der Waals surface area contributed by atoms with Gasteiger partial charge in [-0.1, -0.05) is 0 Å². The van der Waals surface area contributed by atoms with E-state index < -0.39 is 9.84 Å². The molecule has 2 aromatic rings. The Morgan fingerprint density at radius 3 is 2.79 bits per heavy atom. The highest BCUT2D eigenvalue weighted by molar-refractivity contribution is 7.90. The molecule has 6 heteroatoms. The topological polar surface area (TPSA) is 88.8 Å². The number of sulfone groups is 1. The van der Waals surface area contributed by atoms with Crippen molar-refractivity contribution in [1.29, 1.82) is 0 Å². The highest BCUT2D eigenvalue weighted by Crippen LogP contribution is 2.33. The maximum Gasteiger partial charge on any atom is 0.175 e. The Hall–Kier alpha value is -1.40. The van der Waals surface area contributed by atoms with Gasteiger partial charge in [0.15, 0.2) is 9.84 Å². The van der Waals surface area contributed by atoms with Crippen LogP contribution in [0.2, 0.25) is 0 Å². The quantitative estimate of drug-likeness (QED) is 0.873. The molecule has 0 bridgehead atoms. The Labute approximate surface area is 112 Å². The molecule has 1 heterocycles. The van der Waals surface area contributed by atoms with Gasteiger partial charge < -0.3 is 10.7 Å². The number of nitrogens with one attached hydrogen (secondary N) is 1. The molecular weight excluding hydrogens is 262 g/mol. The molecule has 3 rings (SSSR count). The molecule has 1 fully saturated rings. The van der Waals surface area contributed by atoms with Crippen molar-refractivity contribution in [3.8, 4) is 0 Å².